The molecular formula is C10H9BrN2. The van der Waals surface area contributed by atoms with Gasteiger partial charge in [-0.25, -0.2) is 4.98 Å². The van der Waals surface area contributed by atoms with Crippen LogP contribution in [0.5, 0.6) is 0 Å². The van der Waals surface area contributed by atoms with E-state index >= 15 is 0 Å². The number of aryl methyl sites for hydroxylation is 3. The topological polar surface area (TPSA) is 17.8 Å². The number of aromatic nitrogens is 2. The van der Waals surface area contributed by atoms with E-state index in [-0.39, 0.29) is 0 Å². The zero-order valence-electron chi connectivity index (χ0n) is 7.34. The van der Waals surface area contributed by atoms with Crippen LogP contribution >= 0.6 is 15.9 Å². The fourth-order valence-electron chi connectivity index (χ4n) is 2.13. The molecule has 3 heteroatoms. The first-order valence-electron chi connectivity index (χ1n) is 4.41. The van der Waals surface area contributed by atoms with E-state index in [1.54, 1.807) is 0 Å². The van der Waals surface area contributed by atoms with Gasteiger partial charge in [-0.1, -0.05) is 15.9 Å². The maximum atomic E-state index is 4.52. The summed E-state index contributed by atoms with van der Waals surface area (Å²) >= 11 is 3.51. The molecule has 2 heterocycles. The molecule has 0 atom stereocenters. The van der Waals surface area contributed by atoms with Crippen molar-refractivity contribution in [2.45, 2.75) is 19.9 Å². The number of rotatable bonds is 0. The standard InChI is InChI=1S/C10H9BrN2/c1-6-12-9-5-8(11)4-7-2-3-13(6)10(7)9/h4-5H,2-3H2,1H3. The molecule has 0 saturated carbocycles. The van der Waals surface area contributed by atoms with E-state index in [9.17, 15) is 0 Å². The Labute approximate surface area is 84.7 Å². The van der Waals surface area contributed by atoms with Crippen molar-refractivity contribution in [2.75, 3.05) is 0 Å². The molecule has 0 radical (unpaired) electrons. The van der Waals surface area contributed by atoms with Crippen molar-refractivity contribution in [3.8, 4) is 0 Å². The van der Waals surface area contributed by atoms with Gasteiger partial charge in [0.1, 0.15) is 5.82 Å². The molecule has 0 N–H and O–H groups in total. The lowest BCUT2D eigenvalue weighted by Crippen LogP contribution is -1.94. The van der Waals surface area contributed by atoms with E-state index in [1.165, 1.54) is 11.1 Å². The van der Waals surface area contributed by atoms with Gasteiger partial charge in [-0.2, -0.15) is 0 Å². The maximum Gasteiger partial charge on any atom is 0.106 e. The van der Waals surface area contributed by atoms with Crippen LogP contribution in [0.3, 0.4) is 0 Å². The molecule has 0 unspecified atom stereocenters. The van der Waals surface area contributed by atoms with Crippen LogP contribution in [0.2, 0.25) is 0 Å². The number of halogens is 1. The Bertz CT molecular complexity index is 499. The van der Waals surface area contributed by atoms with Gasteiger partial charge in [0.05, 0.1) is 11.0 Å². The van der Waals surface area contributed by atoms with Crippen molar-refractivity contribution in [3.63, 3.8) is 0 Å². The first kappa shape index (κ1) is 7.56. The Balaban J connectivity index is 2.54. The lowest BCUT2D eigenvalue weighted by molar-refractivity contribution is 0.733. The summed E-state index contributed by atoms with van der Waals surface area (Å²) in [5.74, 6) is 1.13. The third-order valence-electron chi connectivity index (χ3n) is 2.68. The van der Waals surface area contributed by atoms with E-state index < -0.39 is 0 Å². The summed E-state index contributed by atoms with van der Waals surface area (Å²) in [6, 6.07) is 4.29. The highest BCUT2D eigenvalue weighted by Crippen LogP contribution is 2.30. The minimum atomic E-state index is 1.09. The normalized spacial score (nSPS) is 14.3. The third kappa shape index (κ3) is 0.908. The monoisotopic (exact) mass is 236 g/mol. The first-order valence-corrected chi connectivity index (χ1v) is 5.20. The Kier molecular flexibility index (Phi) is 1.37. The predicted molar refractivity (Wildman–Crippen MR) is 55.9 cm³/mol. The average molecular weight is 237 g/mol. The van der Waals surface area contributed by atoms with E-state index in [0.717, 1.165) is 28.8 Å². The Morgan fingerprint density at radius 2 is 2.31 bits per heavy atom. The van der Waals surface area contributed by atoms with E-state index in [0.29, 0.717) is 0 Å². The fraction of sp³-hybridized carbons (Fsp3) is 0.300. The van der Waals surface area contributed by atoms with E-state index in [4.69, 9.17) is 0 Å². The summed E-state index contributed by atoms with van der Waals surface area (Å²) in [5, 5.41) is 0. The largest absolute Gasteiger partial charge is 0.328 e. The van der Waals surface area contributed by atoms with Crippen LogP contribution < -0.4 is 0 Å². The zero-order chi connectivity index (χ0) is 9.00. The third-order valence-corrected chi connectivity index (χ3v) is 3.14. The molecule has 2 aromatic rings. The molecule has 0 fully saturated rings. The molecule has 1 aromatic heterocycles. The molecule has 66 valence electrons. The maximum absolute atomic E-state index is 4.52. The second-order valence-electron chi connectivity index (χ2n) is 3.49. The summed E-state index contributed by atoms with van der Waals surface area (Å²) in [4.78, 5) is 4.52. The van der Waals surface area contributed by atoms with Gasteiger partial charge >= 0.3 is 0 Å². The van der Waals surface area contributed by atoms with Crippen molar-refractivity contribution in [2.24, 2.45) is 0 Å². The highest BCUT2D eigenvalue weighted by atomic mass is 79.9. The van der Waals surface area contributed by atoms with Gasteiger partial charge in [0.15, 0.2) is 0 Å². The van der Waals surface area contributed by atoms with Gasteiger partial charge in [0, 0.05) is 11.0 Å². The van der Waals surface area contributed by atoms with Gasteiger partial charge in [-0.05, 0) is 31.0 Å². The first-order chi connectivity index (χ1) is 6.25. The van der Waals surface area contributed by atoms with Crippen LogP contribution in [0, 0.1) is 6.92 Å². The average Bonchev–Trinajstić information content (AvgIpc) is 2.58. The van der Waals surface area contributed by atoms with Gasteiger partial charge in [-0.3, -0.25) is 0 Å². The number of nitrogens with zero attached hydrogens (tertiary/aromatic N) is 2. The highest BCUT2D eigenvalue weighted by Gasteiger charge is 2.17. The fourth-order valence-corrected chi connectivity index (χ4v) is 2.62. The molecule has 0 amide bonds. The van der Waals surface area contributed by atoms with Crippen molar-refractivity contribution in [1.29, 1.82) is 0 Å². The summed E-state index contributed by atoms with van der Waals surface area (Å²) < 4.78 is 3.44. The molecule has 0 aliphatic carbocycles. The van der Waals surface area contributed by atoms with Gasteiger partial charge in [-0.15, -0.1) is 0 Å². The van der Waals surface area contributed by atoms with Crippen molar-refractivity contribution in [1.82, 2.24) is 9.55 Å². The van der Waals surface area contributed by atoms with E-state index in [1.807, 2.05) is 0 Å². The molecular weight excluding hydrogens is 228 g/mol. The molecule has 1 aromatic carbocycles. The molecule has 13 heavy (non-hydrogen) atoms. The summed E-state index contributed by atoms with van der Waals surface area (Å²) in [5.41, 5.74) is 3.88. The number of imidazole rings is 1. The second-order valence-corrected chi connectivity index (χ2v) is 4.41. The van der Waals surface area contributed by atoms with Gasteiger partial charge in [0.2, 0.25) is 0 Å². The molecule has 0 spiro atoms. The Morgan fingerprint density at radius 3 is 3.15 bits per heavy atom. The van der Waals surface area contributed by atoms with Gasteiger partial charge in [0.25, 0.3) is 0 Å². The molecule has 1 aliphatic rings. The minimum absolute atomic E-state index is 1.09. The Hall–Kier alpha value is -0.830. The van der Waals surface area contributed by atoms with E-state index in [2.05, 4.69) is 44.5 Å². The molecule has 0 bridgehead atoms. The molecule has 3 rings (SSSR count). The SMILES string of the molecule is Cc1nc2cc(Br)cc3c2n1CC3. The van der Waals surface area contributed by atoms with Crippen LogP contribution in [0.4, 0.5) is 0 Å². The number of hydrogen-bond acceptors (Lipinski definition) is 1. The van der Waals surface area contributed by atoms with Crippen molar-refractivity contribution < 1.29 is 0 Å². The Morgan fingerprint density at radius 1 is 1.46 bits per heavy atom. The van der Waals surface area contributed by atoms with Crippen molar-refractivity contribution in [3.05, 3.63) is 28.0 Å². The lowest BCUT2D eigenvalue weighted by Gasteiger charge is -1.94. The van der Waals surface area contributed by atoms with Crippen LogP contribution in [0.15, 0.2) is 16.6 Å². The number of benzene rings is 1. The van der Waals surface area contributed by atoms with Gasteiger partial charge < -0.3 is 4.57 Å². The van der Waals surface area contributed by atoms with Crippen LogP contribution in [-0.2, 0) is 13.0 Å². The van der Waals surface area contributed by atoms with Crippen molar-refractivity contribution >= 4 is 27.0 Å². The molecule has 0 saturated heterocycles. The van der Waals surface area contributed by atoms with Crippen LogP contribution in [0.25, 0.3) is 11.0 Å². The minimum Gasteiger partial charge on any atom is -0.328 e. The van der Waals surface area contributed by atoms with Crippen LogP contribution in [0.1, 0.15) is 11.4 Å². The molecule has 2 nitrogen and oxygen atoms in total. The molecule has 1 aliphatic heterocycles. The highest BCUT2D eigenvalue weighted by molar-refractivity contribution is 9.10. The summed E-state index contributed by atoms with van der Waals surface area (Å²) in [6.07, 6.45) is 1.15. The second kappa shape index (κ2) is 2.35. The lowest BCUT2D eigenvalue weighted by atomic mass is 10.2. The summed E-state index contributed by atoms with van der Waals surface area (Å²) in [7, 11) is 0. The summed E-state index contributed by atoms with van der Waals surface area (Å²) in [6.45, 7) is 3.16. The quantitative estimate of drug-likeness (QED) is 0.688. The smallest absolute Gasteiger partial charge is 0.106 e. The predicted octanol–water partition coefficient (Wildman–Crippen LogP) is 2.66. The number of hydrogen-bond donors (Lipinski definition) is 0. The zero-order valence-corrected chi connectivity index (χ0v) is 8.93. The van der Waals surface area contributed by atoms with Crippen LogP contribution in [-0.4, -0.2) is 9.55 Å².